The summed E-state index contributed by atoms with van der Waals surface area (Å²) in [4.78, 5) is 78.2. The molecular formula is C41H53N7O7. The van der Waals surface area contributed by atoms with Gasteiger partial charge in [0, 0.05) is 26.2 Å². The number of carbonyl (C=O) groups is 5. The van der Waals surface area contributed by atoms with Gasteiger partial charge < -0.3 is 39.8 Å². The summed E-state index contributed by atoms with van der Waals surface area (Å²) < 4.78 is 9.48. The summed E-state index contributed by atoms with van der Waals surface area (Å²) >= 11 is 0. The highest BCUT2D eigenvalue weighted by molar-refractivity contribution is 5.92. The van der Waals surface area contributed by atoms with Crippen molar-refractivity contribution in [2.24, 2.45) is 11.8 Å². The van der Waals surface area contributed by atoms with E-state index >= 15 is 0 Å². The number of alkyl carbamates (subject to hydrolysis) is 2. The summed E-state index contributed by atoms with van der Waals surface area (Å²) in [5.41, 5.74) is 6.26. The molecule has 294 valence electrons. The van der Waals surface area contributed by atoms with Gasteiger partial charge in [0.05, 0.1) is 32.2 Å². The van der Waals surface area contributed by atoms with Gasteiger partial charge in [-0.25, -0.2) is 14.6 Å². The van der Waals surface area contributed by atoms with E-state index in [1.807, 2.05) is 32.6 Å². The fourth-order valence-corrected chi connectivity index (χ4v) is 7.98. The molecule has 14 heteroatoms. The third-order valence-corrected chi connectivity index (χ3v) is 11.1. The van der Waals surface area contributed by atoms with Crippen molar-refractivity contribution < 1.29 is 33.4 Å². The molecule has 55 heavy (non-hydrogen) atoms. The number of nitrogens with zero attached hydrogens (tertiary/aromatic N) is 4. The summed E-state index contributed by atoms with van der Waals surface area (Å²) in [6.07, 6.45) is 4.16. The molecule has 4 atom stereocenters. The second-order valence-electron chi connectivity index (χ2n) is 15.3. The molecular weight excluding hydrogens is 702 g/mol. The maximum absolute atomic E-state index is 13.8. The SMILES string of the molecule is COC(=O)NC(C(=O)N1CCCC1C(=O)N1CCc2cc(-c3ccc(-c4cnc(C5CCCN5C(=O)[C@@H](NC(=O)OC)C(C)C)[nH]4)cc3)ccc2C1)C(C)C. The van der Waals surface area contributed by atoms with Crippen molar-refractivity contribution in [2.45, 2.75) is 90.5 Å². The van der Waals surface area contributed by atoms with Crippen molar-refractivity contribution in [3.63, 3.8) is 0 Å². The number of amides is 5. The number of likely N-dealkylation sites (tertiary alicyclic amines) is 2. The van der Waals surface area contributed by atoms with E-state index in [9.17, 15) is 24.0 Å². The first kappa shape index (κ1) is 39.3. The van der Waals surface area contributed by atoms with Crippen LogP contribution in [-0.4, -0.2) is 107 Å². The zero-order valence-corrected chi connectivity index (χ0v) is 32.6. The van der Waals surface area contributed by atoms with E-state index < -0.39 is 30.3 Å². The topological polar surface area (TPSA) is 166 Å². The van der Waals surface area contributed by atoms with Crippen LogP contribution in [0.25, 0.3) is 22.4 Å². The van der Waals surface area contributed by atoms with Crippen molar-refractivity contribution in [1.29, 1.82) is 0 Å². The number of aromatic nitrogens is 2. The summed E-state index contributed by atoms with van der Waals surface area (Å²) in [5, 5.41) is 5.34. The number of aromatic amines is 1. The standard InChI is InChI=1S/C41H53N7O7/c1-24(2)34(44-40(52)54-5)38(50)47-18-7-9-32(47)36-42-22-31(43-36)27-13-11-26(12-14-27)28-15-16-30-23-46(20-17-29(30)21-28)37(49)33-10-8-19-48(33)39(51)35(25(3)4)45-41(53)55-6/h11-16,21-22,24-25,32-35H,7-10,17-20,23H2,1-6H3,(H,42,43)(H,44,52)(H,45,53)/t32?,33?,34-,35?/m0/s1. The van der Waals surface area contributed by atoms with Gasteiger partial charge >= 0.3 is 12.2 Å². The normalized spacial score (nSPS) is 19.2. The largest absolute Gasteiger partial charge is 0.453 e. The number of H-pyrrole nitrogens is 1. The lowest BCUT2D eigenvalue weighted by molar-refractivity contribution is -0.146. The Labute approximate surface area is 322 Å². The zero-order chi connectivity index (χ0) is 39.4. The van der Waals surface area contributed by atoms with Crippen LogP contribution in [0, 0.1) is 11.8 Å². The monoisotopic (exact) mass is 755 g/mol. The average Bonchev–Trinajstić information content (AvgIpc) is 3.99. The summed E-state index contributed by atoms with van der Waals surface area (Å²) in [6.45, 7) is 9.62. The predicted octanol–water partition coefficient (Wildman–Crippen LogP) is 5.04. The third-order valence-electron chi connectivity index (χ3n) is 11.1. The van der Waals surface area contributed by atoms with Crippen LogP contribution in [0.5, 0.6) is 0 Å². The first-order valence-corrected chi connectivity index (χ1v) is 19.3. The Bertz CT molecular complexity index is 1890. The van der Waals surface area contributed by atoms with Gasteiger partial charge in [-0.3, -0.25) is 14.4 Å². The summed E-state index contributed by atoms with van der Waals surface area (Å²) in [5.74, 6) is -0.00871. The van der Waals surface area contributed by atoms with E-state index in [1.165, 1.54) is 19.8 Å². The average molecular weight is 756 g/mol. The Morgan fingerprint density at radius 3 is 1.96 bits per heavy atom. The zero-order valence-electron chi connectivity index (χ0n) is 32.6. The van der Waals surface area contributed by atoms with E-state index in [1.54, 1.807) is 16.0 Å². The maximum atomic E-state index is 13.8. The molecule has 1 aromatic heterocycles. The van der Waals surface area contributed by atoms with Gasteiger partial charge in [-0.2, -0.15) is 0 Å². The van der Waals surface area contributed by atoms with Gasteiger partial charge in [0.1, 0.15) is 23.9 Å². The number of ether oxygens (including phenoxy) is 2. The molecule has 3 aromatic rings. The predicted molar refractivity (Wildman–Crippen MR) is 205 cm³/mol. The van der Waals surface area contributed by atoms with Gasteiger partial charge in [-0.05, 0) is 71.8 Å². The minimum absolute atomic E-state index is 0.0544. The van der Waals surface area contributed by atoms with E-state index in [0.717, 1.165) is 53.0 Å². The Kier molecular flexibility index (Phi) is 12.1. The van der Waals surface area contributed by atoms with Gasteiger partial charge in [-0.15, -0.1) is 0 Å². The number of hydrogen-bond donors (Lipinski definition) is 3. The third kappa shape index (κ3) is 8.47. The molecule has 0 spiro atoms. The molecule has 0 radical (unpaired) electrons. The number of hydrogen-bond acceptors (Lipinski definition) is 8. The second kappa shape index (κ2) is 17.0. The lowest BCUT2D eigenvalue weighted by Gasteiger charge is -2.35. The summed E-state index contributed by atoms with van der Waals surface area (Å²) in [6, 6.07) is 12.4. The molecule has 3 unspecified atom stereocenters. The highest BCUT2D eigenvalue weighted by Crippen LogP contribution is 2.34. The summed E-state index contributed by atoms with van der Waals surface area (Å²) in [7, 11) is 2.55. The van der Waals surface area contributed by atoms with E-state index in [0.29, 0.717) is 39.0 Å². The number of rotatable bonds is 10. The van der Waals surface area contributed by atoms with E-state index in [4.69, 9.17) is 9.47 Å². The number of imidazole rings is 1. The smallest absolute Gasteiger partial charge is 0.407 e. The number of benzene rings is 2. The molecule has 2 aromatic carbocycles. The molecule has 14 nitrogen and oxygen atoms in total. The fraction of sp³-hybridized carbons (Fsp3) is 0.512. The number of fused-ring (bicyclic) bond motifs is 1. The number of carbonyl (C=O) groups excluding carboxylic acids is 5. The van der Waals surface area contributed by atoms with Crippen LogP contribution in [0.3, 0.4) is 0 Å². The van der Waals surface area contributed by atoms with Crippen molar-refractivity contribution in [3.8, 4) is 22.4 Å². The first-order valence-electron chi connectivity index (χ1n) is 19.3. The van der Waals surface area contributed by atoms with Crippen molar-refractivity contribution in [3.05, 3.63) is 65.6 Å². The molecule has 0 aliphatic carbocycles. The highest BCUT2D eigenvalue weighted by atomic mass is 16.5. The Hall–Kier alpha value is -5.40. The lowest BCUT2D eigenvalue weighted by Crippen LogP contribution is -2.56. The van der Waals surface area contributed by atoms with Gasteiger partial charge in [0.25, 0.3) is 0 Å². The van der Waals surface area contributed by atoms with E-state index in [-0.39, 0.29) is 35.6 Å². The second-order valence-corrected chi connectivity index (χ2v) is 15.3. The van der Waals surface area contributed by atoms with Crippen LogP contribution in [-0.2, 0) is 36.8 Å². The van der Waals surface area contributed by atoms with Crippen molar-refractivity contribution >= 4 is 29.9 Å². The molecule has 5 amide bonds. The molecule has 0 saturated carbocycles. The van der Waals surface area contributed by atoms with Crippen LogP contribution in [0.1, 0.15) is 76.4 Å². The molecule has 0 bridgehead atoms. The molecule has 2 saturated heterocycles. The van der Waals surface area contributed by atoms with Crippen LogP contribution in [0.4, 0.5) is 9.59 Å². The lowest BCUT2D eigenvalue weighted by atomic mass is 9.93. The van der Waals surface area contributed by atoms with Crippen LogP contribution in [0.2, 0.25) is 0 Å². The quantitative estimate of drug-likeness (QED) is 0.259. The Morgan fingerprint density at radius 2 is 1.33 bits per heavy atom. The molecule has 4 heterocycles. The van der Waals surface area contributed by atoms with Crippen molar-refractivity contribution in [1.82, 2.24) is 35.3 Å². The van der Waals surface area contributed by atoms with Gasteiger partial charge in [-0.1, -0.05) is 70.2 Å². The van der Waals surface area contributed by atoms with E-state index in [2.05, 4.69) is 63.1 Å². The van der Waals surface area contributed by atoms with Crippen LogP contribution >= 0.6 is 0 Å². The highest BCUT2D eigenvalue weighted by Gasteiger charge is 2.41. The Balaban J connectivity index is 1.09. The fourth-order valence-electron chi connectivity index (χ4n) is 7.98. The molecule has 6 rings (SSSR count). The number of methoxy groups -OCH3 is 2. The minimum atomic E-state index is -0.769. The molecule has 3 aliphatic heterocycles. The van der Waals surface area contributed by atoms with Crippen LogP contribution < -0.4 is 10.6 Å². The molecule has 3 aliphatic rings. The first-order chi connectivity index (χ1) is 26.4. The minimum Gasteiger partial charge on any atom is -0.453 e. The van der Waals surface area contributed by atoms with Gasteiger partial charge in [0.2, 0.25) is 17.7 Å². The van der Waals surface area contributed by atoms with Crippen LogP contribution in [0.15, 0.2) is 48.7 Å². The molecule has 3 N–H and O–H groups in total. The number of nitrogens with one attached hydrogen (secondary N) is 3. The van der Waals surface area contributed by atoms with Gasteiger partial charge in [0.15, 0.2) is 0 Å². The van der Waals surface area contributed by atoms with Crippen molar-refractivity contribution in [2.75, 3.05) is 33.9 Å². The molecule has 2 fully saturated rings. The Morgan fingerprint density at radius 1 is 0.745 bits per heavy atom. The maximum Gasteiger partial charge on any atom is 0.407 e.